The first-order chi connectivity index (χ1) is 12.5. The molecule has 1 fully saturated rings. The van der Waals surface area contributed by atoms with Crippen molar-refractivity contribution in [2.45, 2.75) is 25.7 Å². The van der Waals surface area contributed by atoms with Crippen molar-refractivity contribution in [3.63, 3.8) is 0 Å². The monoisotopic (exact) mass is 375 g/mol. The standard InChI is InChI=1S/C19H19ClFN3O2/c20-15-12-14(5-6-16(15)21)23-18(25)17-11-13(7-8-22-17)19(26)24-9-3-1-2-4-10-24/h5-8,11-12H,1-4,9-10H2,(H,23,25). The predicted octanol–water partition coefficient (Wildman–Crippen LogP) is 4.14. The zero-order valence-corrected chi connectivity index (χ0v) is 14.9. The molecule has 26 heavy (non-hydrogen) atoms. The van der Waals surface area contributed by atoms with Gasteiger partial charge in [-0.2, -0.15) is 0 Å². The second kappa shape index (κ2) is 8.27. The minimum Gasteiger partial charge on any atom is -0.339 e. The van der Waals surface area contributed by atoms with Gasteiger partial charge in [0.05, 0.1) is 5.02 Å². The van der Waals surface area contributed by atoms with Crippen LogP contribution in [0.1, 0.15) is 46.5 Å². The van der Waals surface area contributed by atoms with Gasteiger partial charge >= 0.3 is 0 Å². The maximum absolute atomic E-state index is 13.2. The van der Waals surface area contributed by atoms with Crippen molar-refractivity contribution in [3.8, 4) is 0 Å². The Morgan fingerprint density at radius 3 is 2.50 bits per heavy atom. The van der Waals surface area contributed by atoms with Crippen LogP contribution in [0, 0.1) is 5.82 Å². The molecule has 0 saturated carbocycles. The van der Waals surface area contributed by atoms with E-state index < -0.39 is 11.7 Å². The van der Waals surface area contributed by atoms with Crippen LogP contribution in [0.5, 0.6) is 0 Å². The molecule has 2 heterocycles. The minimum absolute atomic E-state index is 0.0825. The molecular formula is C19H19ClFN3O2. The molecule has 1 saturated heterocycles. The molecule has 1 aromatic carbocycles. The highest BCUT2D eigenvalue weighted by atomic mass is 35.5. The summed E-state index contributed by atoms with van der Waals surface area (Å²) in [5, 5.41) is 2.52. The first-order valence-corrected chi connectivity index (χ1v) is 8.94. The summed E-state index contributed by atoms with van der Waals surface area (Å²) in [4.78, 5) is 30.9. The molecule has 136 valence electrons. The highest BCUT2D eigenvalue weighted by Crippen LogP contribution is 2.20. The molecule has 1 aliphatic heterocycles. The van der Waals surface area contributed by atoms with E-state index in [1.807, 2.05) is 4.90 Å². The van der Waals surface area contributed by atoms with Gasteiger partial charge in [0.2, 0.25) is 0 Å². The number of likely N-dealkylation sites (tertiary alicyclic amines) is 1. The number of pyridine rings is 1. The number of nitrogens with one attached hydrogen (secondary N) is 1. The fourth-order valence-corrected chi connectivity index (χ4v) is 3.09. The number of anilines is 1. The average Bonchev–Trinajstić information content (AvgIpc) is 2.93. The van der Waals surface area contributed by atoms with E-state index in [1.165, 1.54) is 30.5 Å². The third-order valence-corrected chi connectivity index (χ3v) is 4.60. The number of nitrogens with zero attached hydrogens (tertiary/aromatic N) is 2. The highest BCUT2D eigenvalue weighted by Gasteiger charge is 2.19. The van der Waals surface area contributed by atoms with Gasteiger partial charge in [-0.05, 0) is 43.2 Å². The van der Waals surface area contributed by atoms with Gasteiger partial charge in [-0.25, -0.2) is 4.39 Å². The zero-order chi connectivity index (χ0) is 18.5. The first-order valence-electron chi connectivity index (χ1n) is 8.56. The largest absolute Gasteiger partial charge is 0.339 e. The van der Waals surface area contributed by atoms with Gasteiger partial charge in [0.1, 0.15) is 11.5 Å². The highest BCUT2D eigenvalue weighted by molar-refractivity contribution is 6.31. The molecule has 7 heteroatoms. The molecule has 1 N–H and O–H groups in total. The molecule has 0 spiro atoms. The zero-order valence-electron chi connectivity index (χ0n) is 14.2. The van der Waals surface area contributed by atoms with Gasteiger partial charge in [-0.1, -0.05) is 24.4 Å². The number of aromatic nitrogens is 1. The summed E-state index contributed by atoms with van der Waals surface area (Å²) >= 11 is 5.72. The summed E-state index contributed by atoms with van der Waals surface area (Å²) < 4.78 is 13.2. The Balaban J connectivity index is 1.74. The lowest BCUT2D eigenvalue weighted by molar-refractivity contribution is 0.0761. The molecule has 0 atom stereocenters. The molecule has 0 radical (unpaired) electrons. The lowest BCUT2D eigenvalue weighted by Crippen LogP contribution is -2.32. The van der Waals surface area contributed by atoms with E-state index >= 15 is 0 Å². The third-order valence-electron chi connectivity index (χ3n) is 4.31. The SMILES string of the molecule is O=C(Nc1ccc(F)c(Cl)c1)c1cc(C(=O)N2CCCCCC2)ccn1. The van der Waals surface area contributed by atoms with E-state index in [-0.39, 0.29) is 16.6 Å². The Kier molecular flexibility index (Phi) is 5.83. The van der Waals surface area contributed by atoms with Gasteiger partial charge in [-0.3, -0.25) is 14.6 Å². The lowest BCUT2D eigenvalue weighted by atomic mass is 10.2. The number of hydrogen-bond donors (Lipinski definition) is 1. The number of amides is 2. The van der Waals surface area contributed by atoms with Gasteiger partial charge < -0.3 is 10.2 Å². The molecule has 3 rings (SSSR count). The van der Waals surface area contributed by atoms with Gasteiger partial charge in [0.25, 0.3) is 11.8 Å². The third kappa shape index (κ3) is 4.38. The smallest absolute Gasteiger partial charge is 0.274 e. The fraction of sp³-hybridized carbons (Fsp3) is 0.316. The Bertz CT molecular complexity index is 820. The van der Waals surface area contributed by atoms with E-state index in [2.05, 4.69) is 10.3 Å². The molecule has 5 nitrogen and oxygen atoms in total. The Morgan fingerprint density at radius 1 is 1.08 bits per heavy atom. The maximum Gasteiger partial charge on any atom is 0.274 e. The van der Waals surface area contributed by atoms with Crippen molar-refractivity contribution in [2.75, 3.05) is 18.4 Å². The Morgan fingerprint density at radius 2 is 1.81 bits per heavy atom. The molecule has 0 aliphatic carbocycles. The van der Waals surface area contributed by atoms with E-state index in [0.717, 1.165) is 38.8 Å². The lowest BCUT2D eigenvalue weighted by Gasteiger charge is -2.20. The van der Waals surface area contributed by atoms with Crippen LogP contribution in [0.25, 0.3) is 0 Å². The summed E-state index contributed by atoms with van der Waals surface area (Å²) in [5.41, 5.74) is 0.905. The van der Waals surface area contributed by atoms with Crippen molar-refractivity contribution in [1.82, 2.24) is 9.88 Å². The normalized spacial score (nSPS) is 14.6. The molecule has 0 unspecified atom stereocenters. The fourth-order valence-electron chi connectivity index (χ4n) is 2.91. The summed E-state index contributed by atoms with van der Waals surface area (Å²) in [6, 6.07) is 6.99. The Hall–Kier alpha value is -2.47. The number of benzene rings is 1. The van der Waals surface area contributed by atoms with Crippen LogP contribution in [-0.4, -0.2) is 34.8 Å². The summed E-state index contributed by atoms with van der Waals surface area (Å²) in [5.74, 6) is -1.14. The summed E-state index contributed by atoms with van der Waals surface area (Å²) in [7, 11) is 0. The van der Waals surface area contributed by atoms with Crippen molar-refractivity contribution in [2.24, 2.45) is 0 Å². The van der Waals surface area contributed by atoms with E-state index in [1.54, 1.807) is 6.07 Å². The second-order valence-corrected chi connectivity index (χ2v) is 6.63. The van der Waals surface area contributed by atoms with Crippen molar-refractivity contribution in [3.05, 3.63) is 58.6 Å². The first kappa shape index (κ1) is 18.3. The van der Waals surface area contributed by atoms with Gasteiger partial charge in [0, 0.05) is 30.5 Å². The van der Waals surface area contributed by atoms with Crippen molar-refractivity contribution < 1.29 is 14.0 Å². The minimum atomic E-state index is -0.562. The molecule has 1 aromatic heterocycles. The van der Waals surface area contributed by atoms with Crippen LogP contribution in [0.2, 0.25) is 5.02 Å². The summed E-state index contributed by atoms with van der Waals surface area (Å²) in [6.45, 7) is 1.47. The second-order valence-electron chi connectivity index (χ2n) is 6.22. The van der Waals surface area contributed by atoms with Crippen LogP contribution in [-0.2, 0) is 0 Å². The molecule has 2 amide bonds. The number of halogens is 2. The number of carbonyl (C=O) groups is 2. The van der Waals surface area contributed by atoms with Crippen molar-refractivity contribution in [1.29, 1.82) is 0 Å². The van der Waals surface area contributed by atoms with Crippen LogP contribution < -0.4 is 5.32 Å². The molecule has 2 aromatic rings. The van der Waals surface area contributed by atoms with E-state index in [9.17, 15) is 14.0 Å². The van der Waals surface area contributed by atoms with Crippen LogP contribution in [0.3, 0.4) is 0 Å². The maximum atomic E-state index is 13.2. The van der Waals surface area contributed by atoms with Gasteiger partial charge in [-0.15, -0.1) is 0 Å². The van der Waals surface area contributed by atoms with Crippen LogP contribution in [0.15, 0.2) is 36.5 Å². The number of carbonyl (C=O) groups excluding carboxylic acids is 2. The predicted molar refractivity (Wildman–Crippen MR) is 98.0 cm³/mol. The van der Waals surface area contributed by atoms with Crippen LogP contribution in [0.4, 0.5) is 10.1 Å². The summed E-state index contributed by atoms with van der Waals surface area (Å²) in [6.07, 6.45) is 5.70. The van der Waals surface area contributed by atoms with Gasteiger partial charge in [0.15, 0.2) is 0 Å². The topological polar surface area (TPSA) is 62.3 Å². The number of hydrogen-bond acceptors (Lipinski definition) is 3. The Labute approximate surface area is 156 Å². The molecule has 1 aliphatic rings. The average molecular weight is 376 g/mol. The van der Waals surface area contributed by atoms with Crippen molar-refractivity contribution >= 4 is 29.1 Å². The molecular weight excluding hydrogens is 357 g/mol. The quantitative estimate of drug-likeness (QED) is 0.876. The van der Waals surface area contributed by atoms with Crippen LogP contribution >= 0.6 is 11.6 Å². The van der Waals surface area contributed by atoms with E-state index in [0.29, 0.717) is 11.3 Å². The van der Waals surface area contributed by atoms with E-state index in [4.69, 9.17) is 11.6 Å². The molecule has 0 bridgehead atoms. The number of rotatable bonds is 3.